The maximum atomic E-state index is 12.0. The first-order valence-electron chi connectivity index (χ1n) is 6.84. The lowest BCUT2D eigenvalue weighted by molar-refractivity contribution is -0.133. The van der Waals surface area contributed by atoms with E-state index in [9.17, 15) is 19.6 Å². The van der Waals surface area contributed by atoms with E-state index in [0.29, 0.717) is 30.9 Å². The van der Waals surface area contributed by atoms with Gasteiger partial charge in [-0.3, -0.25) is 25.6 Å². The van der Waals surface area contributed by atoms with Gasteiger partial charge >= 0.3 is 6.03 Å². The number of hydrogen-bond acceptors (Lipinski definition) is 4. The fraction of sp³-hybridized carbons (Fsp3) is 0.750. The average Bonchev–Trinajstić information content (AvgIpc) is 2.68. The van der Waals surface area contributed by atoms with Gasteiger partial charge in [-0.1, -0.05) is 13.8 Å². The Hall–Kier alpha value is -1.83. The summed E-state index contributed by atoms with van der Waals surface area (Å²) >= 11 is 0. The number of nitrogens with one attached hydrogen (secondary N) is 2. The van der Waals surface area contributed by atoms with E-state index in [1.165, 1.54) is 4.90 Å². The van der Waals surface area contributed by atoms with E-state index < -0.39 is 18.0 Å². The van der Waals surface area contributed by atoms with Crippen LogP contribution in [0.5, 0.6) is 0 Å². The van der Waals surface area contributed by atoms with Gasteiger partial charge < -0.3 is 4.90 Å². The van der Waals surface area contributed by atoms with Crippen molar-refractivity contribution >= 4 is 17.8 Å². The van der Waals surface area contributed by atoms with Crippen molar-refractivity contribution in [1.29, 1.82) is 0 Å². The average molecular weight is 284 g/mol. The van der Waals surface area contributed by atoms with Crippen LogP contribution in [0, 0.1) is 5.92 Å². The highest BCUT2D eigenvalue weighted by Gasteiger charge is 2.46. The van der Waals surface area contributed by atoms with Crippen LogP contribution < -0.4 is 10.9 Å². The zero-order chi connectivity index (χ0) is 14.9. The van der Waals surface area contributed by atoms with Gasteiger partial charge in [0.1, 0.15) is 6.04 Å². The van der Waals surface area contributed by atoms with Gasteiger partial charge in [0.05, 0.1) is 6.04 Å². The maximum Gasteiger partial charge on any atom is 0.344 e. The van der Waals surface area contributed by atoms with Crippen molar-refractivity contribution in [2.75, 3.05) is 6.54 Å². The SMILES string of the molecule is CCC(C)C(=O)NNC(=O)C1CCC2CN1C(=O)N2O. The number of hydrazine groups is 1. The Bertz CT molecular complexity index is 428. The summed E-state index contributed by atoms with van der Waals surface area (Å²) in [6, 6.07) is -1.43. The number of nitrogens with zero attached hydrogens (tertiary/aromatic N) is 2. The van der Waals surface area contributed by atoms with E-state index in [0.717, 1.165) is 0 Å². The van der Waals surface area contributed by atoms with Crippen LogP contribution >= 0.6 is 0 Å². The highest BCUT2D eigenvalue weighted by molar-refractivity contribution is 5.90. The summed E-state index contributed by atoms with van der Waals surface area (Å²) in [5, 5.41) is 10.2. The summed E-state index contributed by atoms with van der Waals surface area (Å²) in [5.41, 5.74) is 4.72. The van der Waals surface area contributed by atoms with Gasteiger partial charge in [-0.2, -0.15) is 0 Å². The Morgan fingerprint density at radius 2 is 2.10 bits per heavy atom. The summed E-state index contributed by atoms with van der Waals surface area (Å²) in [4.78, 5) is 36.7. The van der Waals surface area contributed by atoms with Crippen LogP contribution in [0.1, 0.15) is 33.1 Å². The summed E-state index contributed by atoms with van der Waals surface area (Å²) in [7, 11) is 0. The lowest BCUT2D eigenvalue weighted by atomic mass is 10.0. The predicted octanol–water partition coefficient (Wildman–Crippen LogP) is -0.162. The third-order valence-electron chi connectivity index (χ3n) is 4.02. The molecule has 3 atom stereocenters. The zero-order valence-electron chi connectivity index (χ0n) is 11.6. The van der Waals surface area contributed by atoms with Crippen molar-refractivity contribution in [2.45, 2.75) is 45.2 Å². The number of hydrogen-bond donors (Lipinski definition) is 3. The van der Waals surface area contributed by atoms with Gasteiger partial charge in [0.25, 0.3) is 5.91 Å². The fourth-order valence-electron chi connectivity index (χ4n) is 2.44. The van der Waals surface area contributed by atoms with Crippen molar-refractivity contribution in [1.82, 2.24) is 20.8 Å². The van der Waals surface area contributed by atoms with Gasteiger partial charge in [0, 0.05) is 12.5 Å². The van der Waals surface area contributed by atoms with Crippen LogP contribution in [0.3, 0.4) is 0 Å². The second-order valence-electron chi connectivity index (χ2n) is 5.31. The van der Waals surface area contributed by atoms with Crippen LogP contribution in [0.15, 0.2) is 0 Å². The Labute approximate surface area is 117 Å². The molecule has 0 aromatic carbocycles. The molecule has 0 aromatic heterocycles. The number of amides is 4. The Kier molecular flexibility index (Phi) is 4.12. The third-order valence-corrected chi connectivity index (χ3v) is 4.02. The first-order chi connectivity index (χ1) is 9.45. The summed E-state index contributed by atoms with van der Waals surface area (Å²) < 4.78 is 0. The minimum atomic E-state index is -0.645. The van der Waals surface area contributed by atoms with Crippen molar-refractivity contribution in [3.8, 4) is 0 Å². The highest BCUT2D eigenvalue weighted by Crippen LogP contribution is 2.28. The summed E-state index contributed by atoms with van der Waals surface area (Å²) in [6.07, 6.45) is 1.71. The number of hydroxylamine groups is 2. The molecule has 0 aromatic rings. The van der Waals surface area contributed by atoms with Crippen LogP contribution in [0.4, 0.5) is 4.79 Å². The number of fused-ring (bicyclic) bond motifs is 2. The molecule has 2 fully saturated rings. The van der Waals surface area contributed by atoms with E-state index in [2.05, 4.69) is 10.9 Å². The lowest BCUT2D eigenvalue weighted by Gasteiger charge is -2.29. The monoisotopic (exact) mass is 284 g/mol. The van der Waals surface area contributed by atoms with E-state index >= 15 is 0 Å². The first kappa shape index (κ1) is 14.6. The first-order valence-corrected chi connectivity index (χ1v) is 6.84. The molecular weight excluding hydrogens is 264 g/mol. The molecule has 3 N–H and O–H groups in total. The van der Waals surface area contributed by atoms with Crippen molar-refractivity contribution < 1.29 is 19.6 Å². The molecule has 0 spiro atoms. The topological polar surface area (TPSA) is 102 Å². The molecule has 2 aliphatic heterocycles. The Morgan fingerprint density at radius 3 is 2.75 bits per heavy atom. The molecule has 2 saturated heterocycles. The lowest BCUT2D eigenvalue weighted by Crippen LogP contribution is -2.54. The molecule has 2 aliphatic rings. The Morgan fingerprint density at radius 1 is 1.40 bits per heavy atom. The molecule has 0 radical (unpaired) electrons. The maximum absolute atomic E-state index is 12.0. The molecule has 4 amide bonds. The van der Waals surface area contributed by atoms with Gasteiger partial charge in [0.2, 0.25) is 5.91 Å². The van der Waals surface area contributed by atoms with Crippen LogP contribution in [0.25, 0.3) is 0 Å². The number of carbonyl (C=O) groups excluding carboxylic acids is 3. The van der Waals surface area contributed by atoms with E-state index in [-0.39, 0.29) is 17.9 Å². The van der Waals surface area contributed by atoms with Gasteiger partial charge in [-0.25, -0.2) is 9.86 Å². The Balaban J connectivity index is 1.90. The van der Waals surface area contributed by atoms with Gasteiger partial charge in [0.15, 0.2) is 0 Å². The van der Waals surface area contributed by atoms with Crippen molar-refractivity contribution in [3.05, 3.63) is 0 Å². The van der Waals surface area contributed by atoms with E-state index in [1.807, 2.05) is 6.92 Å². The minimum Gasteiger partial charge on any atom is -0.309 e. The van der Waals surface area contributed by atoms with Crippen LogP contribution in [-0.2, 0) is 9.59 Å². The number of urea groups is 1. The molecule has 8 heteroatoms. The molecule has 0 aliphatic carbocycles. The molecule has 2 heterocycles. The summed E-state index contributed by atoms with van der Waals surface area (Å²) in [5.74, 6) is -0.873. The third kappa shape index (κ3) is 2.55. The number of piperidine rings is 1. The highest BCUT2D eigenvalue weighted by atomic mass is 16.5. The molecule has 20 heavy (non-hydrogen) atoms. The van der Waals surface area contributed by atoms with Gasteiger partial charge in [-0.05, 0) is 19.3 Å². The van der Waals surface area contributed by atoms with Crippen molar-refractivity contribution in [2.24, 2.45) is 5.92 Å². The largest absolute Gasteiger partial charge is 0.344 e. The van der Waals surface area contributed by atoms with E-state index in [1.54, 1.807) is 6.92 Å². The molecule has 2 bridgehead atoms. The molecule has 2 rings (SSSR count). The molecule has 112 valence electrons. The number of rotatable bonds is 3. The smallest absolute Gasteiger partial charge is 0.309 e. The minimum absolute atomic E-state index is 0.188. The molecule has 3 unspecified atom stereocenters. The second kappa shape index (κ2) is 5.66. The summed E-state index contributed by atoms with van der Waals surface area (Å²) in [6.45, 7) is 3.99. The number of carbonyl (C=O) groups is 3. The molecule has 8 nitrogen and oxygen atoms in total. The normalized spacial score (nSPS) is 26.4. The predicted molar refractivity (Wildman–Crippen MR) is 68.3 cm³/mol. The van der Waals surface area contributed by atoms with E-state index in [4.69, 9.17) is 0 Å². The zero-order valence-corrected chi connectivity index (χ0v) is 11.6. The molecular formula is C12H20N4O4. The fourth-order valence-corrected chi connectivity index (χ4v) is 2.44. The standard InChI is InChI=1S/C12H20N4O4/c1-3-7(2)10(17)13-14-11(18)9-5-4-8-6-15(9)12(19)16(8)20/h7-9,20H,3-6H2,1-2H3,(H,13,17)(H,14,18). The van der Waals surface area contributed by atoms with Gasteiger partial charge in [-0.15, -0.1) is 0 Å². The van der Waals surface area contributed by atoms with Crippen LogP contribution in [0.2, 0.25) is 0 Å². The molecule has 0 saturated carbocycles. The quantitative estimate of drug-likeness (QED) is 0.495. The second-order valence-corrected chi connectivity index (χ2v) is 5.31. The van der Waals surface area contributed by atoms with Crippen molar-refractivity contribution in [3.63, 3.8) is 0 Å². The van der Waals surface area contributed by atoms with Crippen LogP contribution in [-0.4, -0.2) is 51.6 Å².